The van der Waals surface area contributed by atoms with E-state index in [1.54, 1.807) is 6.92 Å². The third-order valence-electron chi connectivity index (χ3n) is 6.12. The molecule has 4 bridgehead atoms. The van der Waals surface area contributed by atoms with Crippen LogP contribution in [0.4, 0.5) is 0 Å². The third kappa shape index (κ3) is 3.22. The average Bonchev–Trinajstić information content (AvgIpc) is 2.53. The van der Waals surface area contributed by atoms with Gasteiger partial charge in [0, 0.05) is 17.7 Å². The fraction of sp³-hybridized carbons (Fsp3) is 0.632. The smallest absolute Gasteiger partial charge is 0.339 e. The molecule has 5 rings (SSSR count). The lowest BCUT2D eigenvalue weighted by atomic mass is 9.53. The summed E-state index contributed by atoms with van der Waals surface area (Å²) in [6.07, 6.45) is 8.75. The Morgan fingerprint density at radius 1 is 1.16 bits per heavy atom. The molecule has 4 fully saturated rings. The number of ether oxygens (including phenoxy) is 1. The van der Waals surface area contributed by atoms with E-state index in [4.69, 9.17) is 4.74 Å². The van der Waals surface area contributed by atoms with E-state index >= 15 is 0 Å². The van der Waals surface area contributed by atoms with Crippen molar-refractivity contribution < 1.29 is 19.1 Å². The van der Waals surface area contributed by atoms with E-state index in [-0.39, 0.29) is 17.0 Å². The highest BCUT2D eigenvalue weighted by Gasteiger charge is 2.51. The lowest BCUT2D eigenvalue weighted by Crippen LogP contribution is -2.61. The summed E-state index contributed by atoms with van der Waals surface area (Å²) in [7, 11) is 0. The quantitative estimate of drug-likeness (QED) is 0.514. The van der Waals surface area contributed by atoms with Crippen LogP contribution in [0.25, 0.3) is 0 Å². The molecule has 4 saturated carbocycles. The Balaban J connectivity index is 1.38. The molecule has 1 aromatic heterocycles. The summed E-state index contributed by atoms with van der Waals surface area (Å²) in [4.78, 5) is 24.7. The molecule has 4 aliphatic carbocycles. The zero-order valence-electron chi connectivity index (χ0n) is 14.4. The first-order valence-electron chi connectivity index (χ1n) is 9.14. The topological polar surface area (TPSA) is 82.3 Å². The molecule has 1 aromatic rings. The first-order valence-corrected chi connectivity index (χ1v) is 9.14. The minimum Gasteiger partial charge on any atom is -0.619 e. The molecule has 6 heteroatoms. The molecule has 0 unspecified atom stereocenters. The first kappa shape index (κ1) is 16.4. The van der Waals surface area contributed by atoms with Gasteiger partial charge in [-0.15, -0.1) is 0 Å². The largest absolute Gasteiger partial charge is 0.619 e. The molecule has 25 heavy (non-hydrogen) atoms. The number of carbonyl (C=O) groups excluding carboxylic acids is 2. The van der Waals surface area contributed by atoms with Crippen LogP contribution in [-0.2, 0) is 9.53 Å². The number of nitrogens with zero attached hydrogens (tertiary/aromatic N) is 1. The van der Waals surface area contributed by atoms with Crippen LogP contribution in [-0.4, -0.2) is 23.5 Å². The number of carbonyl (C=O) groups is 2. The predicted molar refractivity (Wildman–Crippen MR) is 89.3 cm³/mol. The first-order chi connectivity index (χ1) is 11.9. The number of rotatable bonds is 4. The van der Waals surface area contributed by atoms with Crippen LogP contribution in [0.5, 0.6) is 0 Å². The monoisotopic (exact) mass is 344 g/mol. The van der Waals surface area contributed by atoms with Gasteiger partial charge >= 0.3 is 5.97 Å². The van der Waals surface area contributed by atoms with Gasteiger partial charge in [0.25, 0.3) is 5.91 Å². The second-order valence-electron chi connectivity index (χ2n) is 8.18. The number of hydrogen-bond donors (Lipinski definition) is 1. The van der Waals surface area contributed by atoms with Crippen molar-refractivity contribution in [2.24, 2.45) is 17.8 Å². The van der Waals surface area contributed by atoms with E-state index < -0.39 is 12.1 Å². The highest BCUT2D eigenvalue weighted by Crippen LogP contribution is 2.55. The minimum atomic E-state index is -0.847. The summed E-state index contributed by atoms with van der Waals surface area (Å²) in [5.74, 6) is 1.42. The Kier molecular flexibility index (Phi) is 3.93. The van der Waals surface area contributed by atoms with Gasteiger partial charge in [0.15, 0.2) is 18.5 Å². The number of esters is 1. The second-order valence-corrected chi connectivity index (χ2v) is 8.18. The van der Waals surface area contributed by atoms with Crippen LogP contribution in [0.3, 0.4) is 0 Å². The van der Waals surface area contributed by atoms with Crippen molar-refractivity contribution in [2.45, 2.75) is 57.1 Å². The molecule has 1 amide bonds. The molecule has 0 aliphatic heterocycles. The molecule has 4 aliphatic rings. The van der Waals surface area contributed by atoms with Gasteiger partial charge in [0.2, 0.25) is 0 Å². The van der Waals surface area contributed by atoms with Crippen molar-refractivity contribution in [3.8, 4) is 0 Å². The predicted octanol–water partition coefficient (Wildman–Crippen LogP) is 1.95. The van der Waals surface area contributed by atoms with Crippen molar-refractivity contribution in [3.63, 3.8) is 0 Å². The van der Waals surface area contributed by atoms with E-state index in [0.717, 1.165) is 37.0 Å². The van der Waals surface area contributed by atoms with Crippen LogP contribution < -0.4 is 10.0 Å². The van der Waals surface area contributed by atoms with Gasteiger partial charge in [0.05, 0.1) is 5.56 Å². The van der Waals surface area contributed by atoms with Crippen LogP contribution in [0.2, 0.25) is 0 Å². The summed E-state index contributed by atoms with van der Waals surface area (Å²) in [5, 5.41) is 14.2. The number of pyridine rings is 1. The number of amides is 1. The SMILES string of the molecule is C[C@H](OC(=O)c1cc[n+]([O-])cc1)C(=O)NC12CC3CC(CC(C3)C1)C2. The fourth-order valence-electron chi connectivity index (χ4n) is 5.46. The van der Waals surface area contributed by atoms with Gasteiger partial charge in [0.1, 0.15) is 0 Å². The van der Waals surface area contributed by atoms with Gasteiger partial charge in [-0.2, -0.15) is 4.73 Å². The maximum atomic E-state index is 12.6. The lowest BCUT2D eigenvalue weighted by molar-refractivity contribution is -0.605. The molecule has 1 heterocycles. The zero-order valence-corrected chi connectivity index (χ0v) is 14.4. The van der Waals surface area contributed by atoms with Crippen LogP contribution in [0.15, 0.2) is 24.5 Å². The molecule has 134 valence electrons. The summed E-state index contributed by atoms with van der Waals surface area (Å²) in [6, 6.07) is 2.78. The van der Waals surface area contributed by atoms with Crippen LogP contribution >= 0.6 is 0 Å². The lowest BCUT2D eigenvalue weighted by Gasteiger charge is -2.57. The van der Waals surface area contributed by atoms with Gasteiger partial charge in [-0.3, -0.25) is 4.79 Å². The van der Waals surface area contributed by atoms with Crippen molar-refractivity contribution in [3.05, 3.63) is 35.3 Å². The van der Waals surface area contributed by atoms with Crippen molar-refractivity contribution in [1.82, 2.24) is 5.32 Å². The second kappa shape index (κ2) is 6.00. The maximum Gasteiger partial charge on any atom is 0.339 e. The molecule has 1 atom stereocenters. The number of hydrogen-bond acceptors (Lipinski definition) is 4. The van der Waals surface area contributed by atoms with Crippen LogP contribution in [0.1, 0.15) is 55.8 Å². The highest BCUT2D eigenvalue weighted by molar-refractivity contribution is 5.92. The van der Waals surface area contributed by atoms with Gasteiger partial charge in [-0.1, -0.05) is 0 Å². The number of nitrogens with one attached hydrogen (secondary N) is 1. The van der Waals surface area contributed by atoms with E-state index in [1.165, 1.54) is 43.8 Å². The van der Waals surface area contributed by atoms with Crippen molar-refractivity contribution in [2.75, 3.05) is 0 Å². The Hall–Kier alpha value is -2.11. The summed E-state index contributed by atoms with van der Waals surface area (Å²) in [6.45, 7) is 1.60. The van der Waals surface area contributed by atoms with E-state index in [0.29, 0.717) is 4.73 Å². The van der Waals surface area contributed by atoms with E-state index in [2.05, 4.69) is 5.32 Å². The van der Waals surface area contributed by atoms with E-state index in [9.17, 15) is 14.8 Å². The Morgan fingerprint density at radius 2 is 1.68 bits per heavy atom. The molecule has 0 aromatic carbocycles. The maximum absolute atomic E-state index is 12.6. The molecular formula is C19H24N2O4. The van der Waals surface area contributed by atoms with Gasteiger partial charge in [-0.05, 0) is 63.2 Å². The Morgan fingerprint density at radius 3 is 2.20 bits per heavy atom. The fourth-order valence-corrected chi connectivity index (χ4v) is 5.46. The van der Waals surface area contributed by atoms with Crippen molar-refractivity contribution >= 4 is 11.9 Å². The Labute approximate surface area is 147 Å². The molecule has 1 N–H and O–H groups in total. The standard InChI is InChI=1S/C19H24N2O4/c1-12(25-18(23)16-2-4-21(24)5-3-16)17(22)20-19-9-13-6-14(10-19)8-15(7-13)11-19/h2-5,12-15H,6-11H2,1H3,(H,20,22)/t12-,13?,14?,15?,19?/m0/s1. The van der Waals surface area contributed by atoms with Crippen LogP contribution in [0, 0.1) is 23.0 Å². The highest BCUT2D eigenvalue weighted by atomic mass is 16.5. The third-order valence-corrected chi connectivity index (χ3v) is 6.12. The average molecular weight is 344 g/mol. The molecule has 0 saturated heterocycles. The minimum absolute atomic E-state index is 0.0899. The Bertz CT molecular complexity index is 650. The molecule has 0 spiro atoms. The zero-order chi connectivity index (χ0) is 17.6. The summed E-state index contributed by atoms with van der Waals surface area (Å²) >= 11 is 0. The molecule has 0 radical (unpaired) electrons. The summed E-state index contributed by atoms with van der Waals surface area (Å²) in [5.41, 5.74) is 0.175. The van der Waals surface area contributed by atoms with Gasteiger partial charge < -0.3 is 15.3 Å². The number of aromatic nitrogens is 1. The van der Waals surface area contributed by atoms with Crippen molar-refractivity contribution in [1.29, 1.82) is 0 Å². The normalized spacial score (nSPS) is 33.7. The van der Waals surface area contributed by atoms with E-state index in [1.807, 2.05) is 0 Å². The summed E-state index contributed by atoms with van der Waals surface area (Å²) < 4.78 is 5.89. The molecular weight excluding hydrogens is 320 g/mol. The molecule has 6 nitrogen and oxygen atoms in total. The van der Waals surface area contributed by atoms with Gasteiger partial charge in [-0.25, -0.2) is 4.79 Å².